The zero-order chi connectivity index (χ0) is 24.2. The Bertz CT molecular complexity index is 844. The van der Waals surface area contributed by atoms with E-state index in [0.717, 1.165) is 0 Å². The van der Waals surface area contributed by atoms with E-state index < -0.39 is 74.9 Å². The van der Waals surface area contributed by atoms with Crippen LogP contribution < -0.4 is 0 Å². The molecule has 0 spiro atoms. The van der Waals surface area contributed by atoms with Crippen molar-refractivity contribution in [3.05, 3.63) is 35.9 Å². The summed E-state index contributed by atoms with van der Waals surface area (Å²) in [7, 11) is 2.87. The Hall–Kier alpha value is -1.14. The van der Waals surface area contributed by atoms with Gasteiger partial charge in [0.1, 0.15) is 46.8 Å². The summed E-state index contributed by atoms with van der Waals surface area (Å²) in [6, 6.07) is 7.00. The van der Waals surface area contributed by atoms with E-state index in [1.807, 2.05) is 0 Å². The Morgan fingerprint density at radius 1 is 1.09 bits per heavy atom. The van der Waals surface area contributed by atoms with Crippen LogP contribution in [0.5, 0.6) is 0 Å². The SMILES string of the molecule is B[C@@H]1O[C@H](COP(=O)(S)OC2C(F)[C@H](B)O[C@@H]2CO)C(OC(=O)OCc2ccccc2)C1F. The summed E-state index contributed by atoms with van der Waals surface area (Å²) in [4.78, 5) is 12.1. The maximum absolute atomic E-state index is 14.6. The minimum absolute atomic E-state index is 0.0705. The number of aliphatic hydroxyl groups excluding tert-OH is 1. The van der Waals surface area contributed by atoms with Gasteiger partial charge < -0.3 is 24.1 Å². The van der Waals surface area contributed by atoms with Crippen LogP contribution in [0.4, 0.5) is 13.6 Å². The third-order valence-corrected chi connectivity index (χ3v) is 6.92. The summed E-state index contributed by atoms with van der Waals surface area (Å²) in [5.41, 5.74) is 0.716. The highest BCUT2D eigenvalue weighted by molar-refractivity contribution is 8.44. The normalized spacial score (nSPS) is 35.8. The number of carbonyl (C=O) groups excluding carboxylic acids is 1. The average molecular weight is 508 g/mol. The molecule has 0 saturated carbocycles. The van der Waals surface area contributed by atoms with Crippen molar-refractivity contribution in [2.45, 2.75) is 55.4 Å². The number of carbonyl (C=O) groups is 1. The monoisotopic (exact) mass is 508 g/mol. The van der Waals surface area contributed by atoms with Crippen molar-refractivity contribution in [2.75, 3.05) is 13.2 Å². The molecule has 0 radical (unpaired) electrons. The third-order valence-electron chi connectivity index (χ3n) is 5.30. The van der Waals surface area contributed by atoms with Crippen molar-refractivity contribution in [1.82, 2.24) is 0 Å². The number of rotatable bonds is 9. The lowest BCUT2D eigenvalue weighted by Crippen LogP contribution is -2.37. The Labute approximate surface area is 196 Å². The first-order valence-corrected chi connectivity index (χ1v) is 13.0. The number of alkyl halides is 2. The lowest BCUT2D eigenvalue weighted by atomic mass is 9.94. The van der Waals surface area contributed by atoms with E-state index in [1.54, 1.807) is 30.3 Å². The fraction of sp³-hybridized carbons (Fsp3) is 0.611. The van der Waals surface area contributed by atoms with Crippen LogP contribution in [0.1, 0.15) is 5.56 Å². The number of aliphatic hydroxyl groups is 1. The molecule has 0 aliphatic carbocycles. The van der Waals surface area contributed by atoms with E-state index in [9.17, 15) is 23.2 Å². The summed E-state index contributed by atoms with van der Waals surface area (Å²) in [6.07, 6.45) is -9.43. The van der Waals surface area contributed by atoms with Crippen molar-refractivity contribution >= 4 is 40.9 Å². The minimum atomic E-state index is -4.17. The number of ether oxygens (including phenoxy) is 4. The molecule has 182 valence electrons. The Morgan fingerprint density at radius 3 is 2.33 bits per heavy atom. The van der Waals surface area contributed by atoms with Gasteiger partial charge in [-0.1, -0.05) is 42.6 Å². The zero-order valence-corrected chi connectivity index (χ0v) is 19.8. The number of hydrogen-bond acceptors (Lipinski definition) is 9. The quantitative estimate of drug-likeness (QED) is 0.214. The molecule has 2 fully saturated rings. The van der Waals surface area contributed by atoms with Crippen molar-refractivity contribution < 1.29 is 51.2 Å². The smallest absolute Gasteiger partial charge is 0.429 e. The Morgan fingerprint density at radius 2 is 1.70 bits per heavy atom. The van der Waals surface area contributed by atoms with E-state index in [0.29, 0.717) is 5.56 Å². The molecule has 1 N–H and O–H groups in total. The highest BCUT2D eigenvalue weighted by atomic mass is 32.7. The molecule has 15 heteroatoms. The van der Waals surface area contributed by atoms with Gasteiger partial charge in [-0.3, -0.25) is 9.05 Å². The molecule has 0 bridgehead atoms. The van der Waals surface area contributed by atoms with Crippen LogP contribution in [-0.2, 0) is 39.2 Å². The van der Waals surface area contributed by atoms with Crippen LogP contribution in [0.2, 0.25) is 0 Å². The molecule has 2 heterocycles. The molecular weight excluding hydrogens is 483 g/mol. The van der Waals surface area contributed by atoms with Crippen LogP contribution >= 0.6 is 19.0 Å². The second-order valence-corrected chi connectivity index (χ2v) is 10.6. The second kappa shape index (κ2) is 11.5. The fourth-order valence-electron chi connectivity index (χ4n) is 3.56. The molecule has 9 atom stereocenters. The summed E-state index contributed by atoms with van der Waals surface area (Å²) < 4.78 is 72.5. The topological polar surface area (TPSA) is 110 Å². The second-order valence-electron chi connectivity index (χ2n) is 7.77. The summed E-state index contributed by atoms with van der Waals surface area (Å²) in [6.45, 7) is -5.32. The summed E-state index contributed by atoms with van der Waals surface area (Å²) in [5.74, 6) is 0. The highest BCUT2D eigenvalue weighted by Gasteiger charge is 2.49. The van der Waals surface area contributed by atoms with Crippen LogP contribution in [0.15, 0.2) is 30.3 Å². The number of thiol groups is 1. The van der Waals surface area contributed by atoms with Gasteiger partial charge in [-0.25, -0.2) is 18.1 Å². The average Bonchev–Trinajstić information content (AvgIpc) is 3.21. The first-order chi connectivity index (χ1) is 15.6. The molecule has 3 rings (SSSR count). The predicted molar refractivity (Wildman–Crippen MR) is 120 cm³/mol. The maximum atomic E-state index is 14.6. The predicted octanol–water partition coefficient (Wildman–Crippen LogP) is 0.533. The van der Waals surface area contributed by atoms with Crippen LogP contribution in [0.3, 0.4) is 0 Å². The zero-order valence-electron chi connectivity index (χ0n) is 18.0. The highest BCUT2D eigenvalue weighted by Crippen LogP contribution is 2.56. The van der Waals surface area contributed by atoms with Crippen molar-refractivity contribution in [2.24, 2.45) is 0 Å². The Balaban J connectivity index is 1.54. The standard InChI is InChI=1S/C18H25B2F2O9PS/c19-16-12(21)14(30-18(24)26-7-9-4-2-1-3-5-9)11(29-16)8-27-32(25,33)31-15-10(6-23)28-17(20)13(15)22/h1-5,10-17,23H,6-8,19-20H2,(H,25,33)/t10-,11-,12?,13?,14?,15?,16-,17-,32?/m1/s1. The maximum Gasteiger partial charge on any atom is 0.509 e. The van der Waals surface area contributed by atoms with Gasteiger partial charge in [0.15, 0.2) is 12.3 Å². The first kappa shape index (κ1) is 26.5. The molecule has 33 heavy (non-hydrogen) atoms. The van der Waals surface area contributed by atoms with Crippen LogP contribution in [0.25, 0.3) is 0 Å². The van der Waals surface area contributed by atoms with Gasteiger partial charge in [-0.15, -0.1) is 0 Å². The van der Waals surface area contributed by atoms with Crippen molar-refractivity contribution in [1.29, 1.82) is 0 Å². The van der Waals surface area contributed by atoms with E-state index in [1.165, 1.54) is 15.7 Å². The summed E-state index contributed by atoms with van der Waals surface area (Å²) in [5, 5.41) is 9.32. The molecule has 1 aromatic rings. The van der Waals surface area contributed by atoms with E-state index >= 15 is 0 Å². The van der Waals surface area contributed by atoms with Gasteiger partial charge in [0.2, 0.25) is 0 Å². The van der Waals surface area contributed by atoms with Crippen LogP contribution in [-0.4, -0.2) is 88.9 Å². The van der Waals surface area contributed by atoms with Gasteiger partial charge in [0, 0.05) is 0 Å². The molecule has 2 aliphatic heterocycles. The first-order valence-electron chi connectivity index (χ1n) is 10.3. The molecule has 0 aromatic heterocycles. The molecule has 2 aliphatic rings. The van der Waals surface area contributed by atoms with E-state index in [-0.39, 0.29) is 6.61 Å². The van der Waals surface area contributed by atoms with Gasteiger partial charge in [0.25, 0.3) is 0 Å². The lowest BCUT2D eigenvalue weighted by molar-refractivity contribution is -0.0403. The third kappa shape index (κ3) is 6.94. The van der Waals surface area contributed by atoms with Gasteiger partial charge in [-0.05, 0) is 5.56 Å². The van der Waals surface area contributed by atoms with E-state index in [4.69, 9.17) is 28.0 Å². The molecule has 9 nitrogen and oxygen atoms in total. The Kier molecular flexibility index (Phi) is 9.24. The molecule has 0 amide bonds. The largest absolute Gasteiger partial charge is 0.509 e. The summed E-state index contributed by atoms with van der Waals surface area (Å²) >= 11 is 3.83. The van der Waals surface area contributed by atoms with Gasteiger partial charge in [0.05, 0.1) is 25.2 Å². The fourth-order valence-corrected chi connectivity index (χ4v) is 5.04. The number of benzene rings is 1. The lowest BCUT2D eigenvalue weighted by Gasteiger charge is -2.24. The number of hydrogen-bond donors (Lipinski definition) is 2. The molecule has 5 unspecified atom stereocenters. The van der Waals surface area contributed by atoms with Crippen molar-refractivity contribution in [3.63, 3.8) is 0 Å². The van der Waals surface area contributed by atoms with Gasteiger partial charge >= 0.3 is 13.0 Å². The number of halogens is 2. The van der Waals surface area contributed by atoms with Crippen molar-refractivity contribution in [3.8, 4) is 0 Å². The molecular formula is C18H25B2F2O9PS. The molecule has 2 saturated heterocycles. The van der Waals surface area contributed by atoms with Crippen LogP contribution in [0, 0.1) is 0 Å². The van der Waals surface area contributed by atoms with E-state index in [2.05, 4.69) is 12.2 Å². The molecule has 1 aromatic carbocycles. The minimum Gasteiger partial charge on any atom is -0.429 e. The van der Waals surface area contributed by atoms with Gasteiger partial charge in [-0.2, -0.15) is 0 Å².